The van der Waals surface area contributed by atoms with Crippen molar-refractivity contribution in [2.75, 3.05) is 32.9 Å². The van der Waals surface area contributed by atoms with Gasteiger partial charge in [-0.1, -0.05) is 60.5 Å². The number of hydrogen-bond acceptors (Lipinski definition) is 8. The van der Waals surface area contributed by atoms with Crippen LogP contribution in [0.5, 0.6) is 5.75 Å². The fourth-order valence-corrected chi connectivity index (χ4v) is 4.69. The Balaban J connectivity index is 0.00000257. The average molecular weight is 611 g/mol. The third kappa shape index (κ3) is 13.3. The van der Waals surface area contributed by atoms with E-state index in [9.17, 15) is 19.1 Å². The van der Waals surface area contributed by atoms with Crippen LogP contribution in [-0.4, -0.2) is 64.2 Å². The zero-order valence-corrected chi connectivity index (χ0v) is 27.4. The molecule has 11 nitrogen and oxygen atoms in total. The van der Waals surface area contributed by atoms with E-state index in [2.05, 4.69) is 30.6 Å². The maximum atomic E-state index is 13.1. The molecule has 2 rings (SSSR count). The van der Waals surface area contributed by atoms with E-state index in [1.165, 1.54) is 12.8 Å². The average Bonchev–Trinajstić information content (AvgIpc) is 2.96. The molecule has 1 aliphatic heterocycles. The van der Waals surface area contributed by atoms with Gasteiger partial charge in [-0.05, 0) is 51.0 Å². The molecule has 0 aliphatic carbocycles. The van der Waals surface area contributed by atoms with Crippen molar-refractivity contribution in [2.45, 2.75) is 92.1 Å². The van der Waals surface area contributed by atoms with E-state index in [0.29, 0.717) is 64.9 Å². The minimum atomic E-state index is -1.49. The van der Waals surface area contributed by atoms with Crippen LogP contribution >= 0.6 is 0 Å². The Morgan fingerprint density at radius 3 is 2.26 bits per heavy atom. The van der Waals surface area contributed by atoms with Gasteiger partial charge in [-0.2, -0.15) is 0 Å². The van der Waals surface area contributed by atoms with Gasteiger partial charge in [0.25, 0.3) is 11.0 Å². The van der Waals surface area contributed by atoms with Crippen LogP contribution in [-0.2, 0) is 25.4 Å². The zero-order valence-electron chi connectivity index (χ0n) is 26.5. The smallest absolute Gasteiger partial charge is 0.294 e. The van der Waals surface area contributed by atoms with Crippen LogP contribution in [0.4, 0.5) is 0 Å². The standard InChI is InChI=1S/C24H34N4O7S.C4H10.C2H6/c1-6-8-22(25)16(3)17(4)24(29)26-18(5)21-13-20(9-10-23(21)33-7-2)36(32)27-14-19(15-27)34-11-12-35-28(30)31;1-3-4-2;1-2/h9-10,13,19,25H,5-8,11-12,14-15H2,1-4H3,(H,26,29);3-4H2,1-2H3;1-2H3/b17-16+,25-22?;;. The first-order valence-electron chi connectivity index (χ1n) is 14.6. The molecule has 1 saturated heterocycles. The summed E-state index contributed by atoms with van der Waals surface area (Å²) in [5.74, 6) is 0.132. The van der Waals surface area contributed by atoms with Crippen molar-refractivity contribution in [3.63, 3.8) is 0 Å². The van der Waals surface area contributed by atoms with Crippen molar-refractivity contribution in [1.82, 2.24) is 9.62 Å². The van der Waals surface area contributed by atoms with Crippen LogP contribution in [0.3, 0.4) is 0 Å². The van der Waals surface area contributed by atoms with Crippen molar-refractivity contribution in [3.8, 4) is 5.75 Å². The van der Waals surface area contributed by atoms with Crippen LogP contribution in [0.1, 0.15) is 86.6 Å². The summed E-state index contributed by atoms with van der Waals surface area (Å²) in [5, 5.41) is 20.2. The molecule has 1 heterocycles. The predicted molar refractivity (Wildman–Crippen MR) is 168 cm³/mol. The summed E-state index contributed by atoms with van der Waals surface area (Å²) in [4.78, 5) is 27.7. The maximum absolute atomic E-state index is 13.1. The molecule has 1 aliphatic rings. The second-order valence-electron chi connectivity index (χ2n) is 9.15. The number of unbranched alkanes of at least 4 members (excludes halogenated alkanes) is 1. The molecular formula is C30H50N4O7S. The number of nitrogens with zero attached hydrogens (tertiary/aromatic N) is 2. The first-order valence-corrected chi connectivity index (χ1v) is 15.7. The fourth-order valence-electron chi connectivity index (χ4n) is 3.38. The molecule has 1 atom stereocenters. The van der Waals surface area contributed by atoms with Gasteiger partial charge in [0.15, 0.2) is 0 Å². The monoisotopic (exact) mass is 610 g/mol. The van der Waals surface area contributed by atoms with Gasteiger partial charge in [-0.3, -0.25) is 4.79 Å². The largest absolute Gasteiger partial charge is 0.493 e. The van der Waals surface area contributed by atoms with Gasteiger partial charge in [0.05, 0.1) is 24.2 Å². The van der Waals surface area contributed by atoms with Crippen LogP contribution in [0.15, 0.2) is 40.8 Å². The summed E-state index contributed by atoms with van der Waals surface area (Å²) >= 11 is 0. The van der Waals surface area contributed by atoms with E-state index >= 15 is 0 Å². The molecule has 1 aromatic carbocycles. The number of carbonyl (C=O) groups is 1. The Bertz CT molecular complexity index is 1080. The number of carbonyl (C=O) groups excluding carboxylic acids is 1. The van der Waals surface area contributed by atoms with Gasteiger partial charge in [0.2, 0.25) is 0 Å². The van der Waals surface area contributed by atoms with Crippen molar-refractivity contribution < 1.29 is 28.4 Å². The second-order valence-corrected chi connectivity index (χ2v) is 10.6. The van der Waals surface area contributed by atoms with E-state index in [4.69, 9.17) is 14.9 Å². The minimum absolute atomic E-state index is 0.0735. The van der Waals surface area contributed by atoms with Crippen molar-refractivity contribution >= 4 is 28.3 Å². The summed E-state index contributed by atoms with van der Waals surface area (Å²) in [6, 6.07) is 5.06. The van der Waals surface area contributed by atoms with E-state index in [0.717, 1.165) is 6.42 Å². The zero-order chi connectivity index (χ0) is 32.2. The first kappa shape index (κ1) is 38.9. The van der Waals surface area contributed by atoms with Gasteiger partial charge in [-0.25, -0.2) is 8.51 Å². The summed E-state index contributed by atoms with van der Waals surface area (Å²) in [6.45, 7) is 20.7. The molecule has 1 amide bonds. The van der Waals surface area contributed by atoms with E-state index in [-0.39, 0.29) is 25.2 Å². The number of amides is 1. The SMILES string of the molecule is C=C(NC(=O)/C(C)=C(\C)C(=N)CCC)c1cc(S(=O)N2CC(OCCO[N+](=O)[O-])C2)ccc1OCC.CC.CCCC. The number of hydrogen-bond donors (Lipinski definition) is 2. The summed E-state index contributed by atoms with van der Waals surface area (Å²) < 4.78 is 25.9. The Morgan fingerprint density at radius 2 is 1.74 bits per heavy atom. The Labute approximate surface area is 253 Å². The maximum Gasteiger partial charge on any atom is 0.294 e. The molecule has 1 aromatic rings. The lowest BCUT2D eigenvalue weighted by Gasteiger charge is -2.37. The lowest BCUT2D eigenvalue weighted by atomic mass is 10.0. The highest BCUT2D eigenvalue weighted by Gasteiger charge is 2.32. The number of allylic oxidation sites excluding steroid dienone is 1. The lowest BCUT2D eigenvalue weighted by molar-refractivity contribution is -0.758. The van der Waals surface area contributed by atoms with E-state index in [1.54, 1.807) is 36.4 Å². The third-order valence-corrected chi connectivity index (χ3v) is 7.50. The summed E-state index contributed by atoms with van der Waals surface area (Å²) in [7, 11) is -1.49. The number of nitrogens with one attached hydrogen (secondary N) is 2. The first-order chi connectivity index (χ1) is 20.0. The lowest BCUT2D eigenvalue weighted by Crippen LogP contribution is -2.52. The molecule has 42 heavy (non-hydrogen) atoms. The molecule has 0 radical (unpaired) electrons. The minimum Gasteiger partial charge on any atom is -0.493 e. The van der Waals surface area contributed by atoms with E-state index < -0.39 is 16.1 Å². The highest BCUT2D eigenvalue weighted by atomic mass is 32.2. The number of rotatable bonds is 16. The highest BCUT2D eigenvalue weighted by Crippen LogP contribution is 2.29. The van der Waals surface area contributed by atoms with Crippen LogP contribution in [0.25, 0.3) is 5.70 Å². The molecule has 0 saturated carbocycles. The van der Waals surface area contributed by atoms with Crippen LogP contribution in [0.2, 0.25) is 0 Å². The molecule has 12 heteroatoms. The second kappa shape index (κ2) is 21.6. The Kier molecular flexibility index (Phi) is 20.0. The van der Waals surface area contributed by atoms with Crippen molar-refractivity contribution in [2.24, 2.45) is 0 Å². The van der Waals surface area contributed by atoms with Crippen molar-refractivity contribution in [3.05, 3.63) is 51.6 Å². The molecule has 2 N–H and O–H groups in total. The molecule has 238 valence electrons. The van der Waals surface area contributed by atoms with E-state index in [1.807, 2.05) is 27.7 Å². The Hall–Kier alpha value is -3.09. The third-order valence-electron chi connectivity index (χ3n) is 6.08. The number of benzene rings is 1. The molecule has 0 spiro atoms. The number of ether oxygens (including phenoxy) is 2. The van der Waals surface area contributed by atoms with Gasteiger partial charge in [0.1, 0.15) is 23.3 Å². The molecule has 1 unspecified atom stereocenters. The topological polar surface area (TPSA) is 144 Å². The van der Waals surface area contributed by atoms with Gasteiger partial charge < -0.3 is 25.0 Å². The fraction of sp³-hybridized carbons (Fsp3) is 0.600. The van der Waals surface area contributed by atoms with Gasteiger partial charge in [-0.15, -0.1) is 10.1 Å². The van der Waals surface area contributed by atoms with Gasteiger partial charge >= 0.3 is 0 Å². The summed E-state index contributed by atoms with van der Waals surface area (Å²) in [5.41, 5.74) is 2.29. The molecular weight excluding hydrogens is 560 g/mol. The quantitative estimate of drug-likeness (QED) is 0.0757. The van der Waals surface area contributed by atoms with Crippen molar-refractivity contribution in [1.29, 1.82) is 5.41 Å². The Morgan fingerprint density at radius 1 is 1.12 bits per heavy atom. The normalized spacial score (nSPS) is 14.0. The van der Waals surface area contributed by atoms with Crippen LogP contribution in [0, 0.1) is 15.5 Å². The highest BCUT2D eigenvalue weighted by molar-refractivity contribution is 7.82. The molecule has 1 fully saturated rings. The van der Waals surface area contributed by atoms with Gasteiger partial charge in [0, 0.05) is 35.6 Å². The van der Waals surface area contributed by atoms with Crippen LogP contribution < -0.4 is 10.1 Å². The predicted octanol–water partition coefficient (Wildman–Crippen LogP) is 6.09. The molecule has 0 aromatic heterocycles. The molecule has 0 bridgehead atoms. The summed E-state index contributed by atoms with van der Waals surface area (Å²) in [6.07, 6.45) is 3.86.